The topological polar surface area (TPSA) is 51.8 Å². The van der Waals surface area contributed by atoms with Crippen LogP contribution in [-0.4, -0.2) is 20.7 Å². The van der Waals surface area contributed by atoms with Crippen LogP contribution in [0.3, 0.4) is 0 Å². The zero-order valence-corrected chi connectivity index (χ0v) is 14.8. The van der Waals surface area contributed by atoms with Crippen molar-refractivity contribution < 1.29 is 17.6 Å². The second kappa shape index (κ2) is 7.19. The predicted octanol–water partition coefficient (Wildman–Crippen LogP) is 5.51. The van der Waals surface area contributed by atoms with Gasteiger partial charge >= 0.3 is 6.18 Å². The van der Waals surface area contributed by atoms with E-state index < -0.39 is 12.0 Å². The Kier molecular flexibility index (Phi) is 4.73. The number of nitrogens with zero attached hydrogens (tertiary/aromatic N) is 3. The van der Waals surface area contributed by atoms with Gasteiger partial charge in [-0.1, -0.05) is 30.3 Å². The van der Waals surface area contributed by atoms with E-state index in [1.54, 1.807) is 24.3 Å². The van der Waals surface area contributed by atoms with Gasteiger partial charge in [0.05, 0.1) is 5.52 Å². The number of oxazole rings is 1. The lowest BCUT2D eigenvalue weighted by molar-refractivity contribution is -0.145. The summed E-state index contributed by atoms with van der Waals surface area (Å²) in [4.78, 5) is 11.8. The fourth-order valence-electron chi connectivity index (χ4n) is 2.70. The Morgan fingerprint density at radius 2 is 1.63 bits per heavy atom. The van der Waals surface area contributed by atoms with Gasteiger partial charge in [-0.05, 0) is 24.6 Å². The van der Waals surface area contributed by atoms with Crippen molar-refractivity contribution in [3.63, 3.8) is 0 Å². The molecule has 0 N–H and O–H groups in total. The number of aryl methyl sites for hydroxylation is 1. The first-order valence-electron chi connectivity index (χ1n) is 8.32. The molecule has 0 atom stereocenters. The normalized spacial score (nSPS) is 12.1. The molecule has 0 amide bonds. The fraction of sp³-hybridized carbons (Fsp3) is 0.211. The highest BCUT2D eigenvalue weighted by Gasteiger charge is 2.35. The lowest BCUT2D eigenvalue weighted by Crippen LogP contribution is -2.11. The van der Waals surface area contributed by atoms with Crippen molar-refractivity contribution >= 4 is 33.8 Å². The minimum atomic E-state index is -4.57. The molecule has 0 saturated carbocycles. The Hall–Kier alpha value is -2.61. The van der Waals surface area contributed by atoms with Gasteiger partial charge in [-0.2, -0.15) is 13.2 Å². The lowest BCUT2D eigenvalue weighted by atomic mass is 10.2. The van der Waals surface area contributed by atoms with E-state index in [9.17, 15) is 13.2 Å². The zero-order valence-electron chi connectivity index (χ0n) is 14.0. The summed E-state index contributed by atoms with van der Waals surface area (Å²) in [5, 5.41) is 0.961. The van der Waals surface area contributed by atoms with E-state index in [0.717, 1.165) is 11.1 Å². The molecule has 0 aliphatic carbocycles. The van der Waals surface area contributed by atoms with Gasteiger partial charge in [0.2, 0.25) is 5.82 Å². The minimum Gasteiger partial charge on any atom is -0.441 e. The molecular weight excluding hydrogens is 375 g/mol. The number of aromatic nitrogens is 3. The molecule has 0 aliphatic heterocycles. The van der Waals surface area contributed by atoms with Gasteiger partial charge in [0.25, 0.3) is 0 Å². The molecule has 27 heavy (non-hydrogen) atoms. The van der Waals surface area contributed by atoms with E-state index in [-0.39, 0.29) is 0 Å². The summed E-state index contributed by atoms with van der Waals surface area (Å²) in [6.45, 7) is 0. The number of hydrogen-bond acceptors (Lipinski definition) is 5. The maximum absolute atomic E-state index is 13.1. The first kappa shape index (κ1) is 17.8. The molecule has 0 radical (unpaired) electrons. The number of fused-ring (bicyclic) bond motifs is 2. The molecule has 138 valence electrons. The Morgan fingerprint density at radius 1 is 0.889 bits per heavy atom. The van der Waals surface area contributed by atoms with Crippen LogP contribution in [0.15, 0.2) is 58.0 Å². The van der Waals surface area contributed by atoms with E-state index in [1.165, 1.54) is 11.8 Å². The molecule has 4 rings (SSSR count). The first-order valence-corrected chi connectivity index (χ1v) is 9.30. The second-order valence-corrected chi connectivity index (χ2v) is 6.98. The van der Waals surface area contributed by atoms with Crippen molar-refractivity contribution in [2.24, 2.45) is 0 Å². The molecule has 0 aliphatic rings. The molecule has 0 unspecified atom stereocenters. The molecule has 2 aromatic carbocycles. The van der Waals surface area contributed by atoms with Gasteiger partial charge < -0.3 is 4.42 Å². The van der Waals surface area contributed by atoms with Crippen LogP contribution in [0.2, 0.25) is 0 Å². The van der Waals surface area contributed by atoms with Crippen molar-refractivity contribution in [1.82, 2.24) is 15.0 Å². The molecule has 4 nitrogen and oxygen atoms in total. The molecule has 0 spiro atoms. The molecule has 0 saturated heterocycles. The quantitative estimate of drug-likeness (QED) is 0.256. The second-order valence-electron chi connectivity index (χ2n) is 5.89. The standard InChI is InChI=1S/C19H14F3N3OS/c20-19(21,22)18-24-13-7-2-1-6-12(13)17(25-18)27-11-5-10-16-23-14-8-3-4-9-15(14)26-16/h1-4,6-9H,5,10-11H2. The van der Waals surface area contributed by atoms with E-state index in [1.807, 2.05) is 24.3 Å². The average molecular weight is 389 g/mol. The third kappa shape index (κ3) is 3.90. The Balaban J connectivity index is 1.48. The van der Waals surface area contributed by atoms with E-state index in [4.69, 9.17) is 4.42 Å². The van der Waals surface area contributed by atoms with Crippen LogP contribution < -0.4 is 0 Å². The van der Waals surface area contributed by atoms with Crippen LogP contribution in [-0.2, 0) is 12.6 Å². The Bertz CT molecular complexity index is 1060. The van der Waals surface area contributed by atoms with Gasteiger partial charge in [-0.15, -0.1) is 11.8 Å². The van der Waals surface area contributed by atoms with Crippen LogP contribution in [0, 0.1) is 0 Å². The number of alkyl halides is 3. The SMILES string of the molecule is FC(F)(F)c1nc(SCCCc2nc3ccccc3o2)c2ccccc2n1. The van der Waals surface area contributed by atoms with Crippen molar-refractivity contribution in [2.45, 2.75) is 24.0 Å². The largest absolute Gasteiger partial charge is 0.451 e. The maximum atomic E-state index is 13.1. The first-order chi connectivity index (χ1) is 13.0. The number of halogens is 3. The maximum Gasteiger partial charge on any atom is 0.451 e. The van der Waals surface area contributed by atoms with Gasteiger partial charge in [0.15, 0.2) is 11.5 Å². The van der Waals surface area contributed by atoms with E-state index in [2.05, 4.69) is 15.0 Å². The molecule has 0 bridgehead atoms. The van der Waals surface area contributed by atoms with Crippen LogP contribution in [0.1, 0.15) is 18.1 Å². The van der Waals surface area contributed by atoms with E-state index >= 15 is 0 Å². The van der Waals surface area contributed by atoms with Crippen molar-refractivity contribution in [2.75, 3.05) is 5.75 Å². The number of benzene rings is 2. The van der Waals surface area contributed by atoms with E-state index in [0.29, 0.717) is 40.4 Å². The number of thioether (sulfide) groups is 1. The average Bonchev–Trinajstić information content (AvgIpc) is 3.07. The number of rotatable bonds is 5. The smallest absolute Gasteiger partial charge is 0.441 e. The highest BCUT2D eigenvalue weighted by molar-refractivity contribution is 7.99. The fourth-order valence-corrected chi connectivity index (χ4v) is 3.66. The van der Waals surface area contributed by atoms with Crippen molar-refractivity contribution in [1.29, 1.82) is 0 Å². The summed E-state index contributed by atoms with van der Waals surface area (Å²) in [6, 6.07) is 14.2. The Morgan fingerprint density at radius 3 is 2.41 bits per heavy atom. The third-order valence-corrected chi connectivity index (χ3v) is 5.01. The van der Waals surface area contributed by atoms with Gasteiger partial charge in [0, 0.05) is 17.6 Å². The molecule has 8 heteroatoms. The summed E-state index contributed by atoms with van der Waals surface area (Å²) < 4.78 is 44.8. The van der Waals surface area contributed by atoms with Crippen LogP contribution >= 0.6 is 11.8 Å². The third-order valence-electron chi connectivity index (χ3n) is 3.93. The zero-order chi connectivity index (χ0) is 18.9. The van der Waals surface area contributed by atoms with Crippen molar-refractivity contribution in [3.05, 3.63) is 60.2 Å². The molecule has 2 aromatic heterocycles. The summed E-state index contributed by atoms with van der Waals surface area (Å²) >= 11 is 1.29. The monoisotopic (exact) mass is 389 g/mol. The number of hydrogen-bond donors (Lipinski definition) is 0. The highest BCUT2D eigenvalue weighted by Crippen LogP contribution is 2.32. The van der Waals surface area contributed by atoms with Gasteiger partial charge in [-0.25, -0.2) is 15.0 Å². The number of para-hydroxylation sites is 3. The van der Waals surface area contributed by atoms with Crippen LogP contribution in [0.25, 0.3) is 22.0 Å². The molecular formula is C19H14F3N3OS. The lowest BCUT2D eigenvalue weighted by Gasteiger charge is -2.10. The van der Waals surface area contributed by atoms with Crippen LogP contribution in [0.4, 0.5) is 13.2 Å². The van der Waals surface area contributed by atoms with Crippen LogP contribution in [0.5, 0.6) is 0 Å². The van der Waals surface area contributed by atoms with Gasteiger partial charge in [-0.3, -0.25) is 0 Å². The summed E-state index contributed by atoms with van der Waals surface area (Å²) in [7, 11) is 0. The minimum absolute atomic E-state index is 0.293. The summed E-state index contributed by atoms with van der Waals surface area (Å²) in [5.41, 5.74) is 1.83. The molecule has 2 heterocycles. The summed E-state index contributed by atoms with van der Waals surface area (Å²) in [5.74, 6) is 0.111. The molecule has 4 aromatic rings. The summed E-state index contributed by atoms with van der Waals surface area (Å²) in [6.07, 6.45) is -3.26. The highest BCUT2D eigenvalue weighted by atomic mass is 32.2. The van der Waals surface area contributed by atoms with Crippen molar-refractivity contribution in [3.8, 4) is 0 Å². The van der Waals surface area contributed by atoms with Gasteiger partial charge in [0.1, 0.15) is 10.5 Å². The predicted molar refractivity (Wildman–Crippen MR) is 97.6 cm³/mol. The molecule has 0 fully saturated rings. The Labute approximate surface area is 156 Å².